The van der Waals surface area contributed by atoms with E-state index in [-0.39, 0.29) is 11.6 Å². The molecule has 0 bridgehead atoms. The molecule has 0 heterocycles. The average molecular weight is 358 g/mol. The molecule has 0 spiro atoms. The Kier molecular flexibility index (Phi) is 6.58. The maximum atomic E-state index is 12.4. The second kappa shape index (κ2) is 8.67. The van der Waals surface area contributed by atoms with Crippen molar-refractivity contribution in [2.24, 2.45) is 0 Å². The van der Waals surface area contributed by atoms with E-state index in [0.717, 1.165) is 5.56 Å². The summed E-state index contributed by atoms with van der Waals surface area (Å²) in [5.74, 6) is 0.466. The van der Waals surface area contributed by atoms with Gasteiger partial charge in [-0.3, -0.25) is 14.9 Å². The molecule has 0 atom stereocenters. The highest BCUT2D eigenvalue weighted by molar-refractivity contribution is 7.98. The molecule has 0 radical (unpaired) electrons. The Bertz CT molecular complexity index is 756. The van der Waals surface area contributed by atoms with E-state index in [2.05, 4.69) is 0 Å². The molecule has 0 unspecified atom stereocenters. The summed E-state index contributed by atoms with van der Waals surface area (Å²) in [4.78, 5) is 25.6. The maximum Gasteiger partial charge on any atom is 0.283 e. The predicted octanol–water partition coefficient (Wildman–Crippen LogP) is 4.68. The molecule has 0 aromatic heterocycles. The average Bonchev–Trinajstić information content (AvgIpc) is 2.62. The molecule has 2 aromatic carbocycles. The van der Waals surface area contributed by atoms with Gasteiger partial charge in [-0.2, -0.15) is 0 Å². The van der Waals surface area contributed by atoms with Crippen LogP contribution in [0, 0.1) is 17.0 Å². The van der Waals surface area contributed by atoms with Crippen LogP contribution < -0.4 is 0 Å². The van der Waals surface area contributed by atoms with Crippen LogP contribution in [0.25, 0.3) is 0 Å². The van der Waals surface area contributed by atoms with Crippen molar-refractivity contribution in [2.75, 3.05) is 13.1 Å². The Morgan fingerprint density at radius 2 is 1.76 bits per heavy atom. The number of nitrogens with zero attached hydrogens (tertiary/aromatic N) is 2. The smallest absolute Gasteiger partial charge is 0.283 e. The highest BCUT2D eigenvalue weighted by atomic mass is 32.2. The van der Waals surface area contributed by atoms with E-state index in [1.807, 2.05) is 45.0 Å². The van der Waals surface area contributed by atoms with Gasteiger partial charge in [0.15, 0.2) is 0 Å². The Balaban J connectivity index is 2.22. The van der Waals surface area contributed by atoms with Crippen molar-refractivity contribution < 1.29 is 9.72 Å². The van der Waals surface area contributed by atoms with E-state index in [0.29, 0.717) is 29.3 Å². The number of carbonyl (C=O) groups excluding carboxylic acids is 1. The second-order valence-electron chi connectivity index (χ2n) is 5.69. The number of amides is 1. The first-order valence-electron chi connectivity index (χ1n) is 8.22. The highest BCUT2D eigenvalue weighted by Crippen LogP contribution is 2.32. The molecule has 2 aromatic rings. The molecule has 25 heavy (non-hydrogen) atoms. The van der Waals surface area contributed by atoms with E-state index >= 15 is 0 Å². The van der Waals surface area contributed by atoms with Gasteiger partial charge in [0.2, 0.25) is 0 Å². The third kappa shape index (κ3) is 4.82. The van der Waals surface area contributed by atoms with Crippen molar-refractivity contribution in [2.45, 2.75) is 31.4 Å². The molecule has 2 rings (SSSR count). The molecule has 1 amide bonds. The van der Waals surface area contributed by atoms with Crippen molar-refractivity contribution in [3.63, 3.8) is 0 Å². The fourth-order valence-corrected chi connectivity index (χ4v) is 3.41. The van der Waals surface area contributed by atoms with Crippen LogP contribution in [0.1, 0.15) is 35.3 Å². The number of nitro groups is 1. The van der Waals surface area contributed by atoms with E-state index in [9.17, 15) is 14.9 Å². The monoisotopic (exact) mass is 358 g/mol. The summed E-state index contributed by atoms with van der Waals surface area (Å²) in [6, 6.07) is 12.8. The third-order valence-corrected chi connectivity index (χ3v) is 5.10. The number of rotatable bonds is 7. The van der Waals surface area contributed by atoms with Gasteiger partial charge < -0.3 is 4.90 Å². The normalized spacial score (nSPS) is 10.5. The molecule has 0 aliphatic heterocycles. The minimum absolute atomic E-state index is 0.0184. The topological polar surface area (TPSA) is 63.5 Å². The first kappa shape index (κ1) is 19.0. The second-order valence-corrected chi connectivity index (χ2v) is 6.71. The van der Waals surface area contributed by atoms with Gasteiger partial charge in [-0.1, -0.05) is 29.8 Å². The van der Waals surface area contributed by atoms with Gasteiger partial charge in [0.25, 0.3) is 11.6 Å². The summed E-state index contributed by atoms with van der Waals surface area (Å²) in [6.07, 6.45) is 0. The maximum absolute atomic E-state index is 12.4. The predicted molar refractivity (Wildman–Crippen MR) is 101 cm³/mol. The minimum atomic E-state index is -0.420. The highest BCUT2D eigenvalue weighted by Gasteiger charge is 2.20. The van der Waals surface area contributed by atoms with Crippen molar-refractivity contribution in [3.8, 4) is 0 Å². The number of thioether (sulfide) groups is 1. The fraction of sp³-hybridized carbons (Fsp3) is 0.316. The van der Waals surface area contributed by atoms with Gasteiger partial charge in [-0.05, 0) is 38.5 Å². The van der Waals surface area contributed by atoms with Crippen molar-refractivity contribution in [3.05, 3.63) is 69.3 Å². The summed E-state index contributed by atoms with van der Waals surface area (Å²) in [6.45, 7) is 6.96. The van der Waals surface area contributed by atoms with Gasteiger partial charge in [0, 0.05) is 30.5 Å². The van der Waals surface area contributed by atoms with Gasteiger partial charge in [0.1, 0.15) is 0 Å². The molecular formula is C19H22N2O3S. The Morgan fingerprint density at radius 1 is 1.12 bits per heavy atom. The van der Waals surface area contributed by atoms with Crippen molar-refractivity contribution in [1.29, 1.82) is 0 Å². The molecule has 6 heteroatoms. The summed E-state index contributed by atoms with van der Waals surface area (Å²) in [7, 11) is 0. The zero-order chi connectivity index (χ0) is 18.4. The largest absolute Gasteiger partial charge is 0.339 e. The van der Waals surface area contributed by atoms with Crippen LogP contribution in [0.2, 0.25) is 0 Å². The lowest BCUT2D eigenvalue weighted by Gasteiger charge is -2.18. The number of hydrogen-bond acceptors (Lipinski definition) is 4. The number of carbonyl (C=O) groups is 1. The summed E-state index contributed by atoms with van der Waals surface area (Å²) in [5.41, 5.74) is 2.62. The summed E-state index contributed by atoms with van der Waals surface area (Å²) < 4.78 is 0. The van der Waals surface area contributed by atoms with Crippen LogP contribution >= 0.6 is 11.8 Å². The van der Waals surface area contributed by atoms with Crippen LogP contribution in [-0.4, -0.2) is 28.8 Å². The van der Waals surface area contributed by atoms with E-state index in [4.69, 9.17) is 0 Å². The molecular weight excluding hydrogens is 336 g/mol. The van der Waals surface area contributed by atoms with Gasteiger partial charge in [-0.15, -0.1) is 11.8 Å². The zero-order valence-corrected chi connectivity index (χ0v) is 15.5. The van der Waals surface area contributed by atoms with E-state index < -0.39 is 4.92 Å². The Morgan fingerprint density at radius 3 is 2.32 bits per heavy atom. The lowest BCUT2D eigenvalue weighted by molar-refractivity contribution is -0.387. The molecule has 132 valence electrons. The molecule has 5 nitrogen and oxygen atoms in total. The van der Waals surface area contributed by atoms with Crippen LogP contribution in [-0.2, 0) is 5.75 Å². The van der Waals surface area contributed by atoms with Crippen molar-refractivity contribution in [1.82, 2.24) is 4.90 Å². The molecule has 0 aliphatic carbocycles. The molecule has 0 fully saturated rings. The lowest BCUT2D eigenvalue weighted by atomic mass is 10.1. The van der Waals surface area contributed by atoms with Gasteiger partial charge in [0.05, 0.1) is 9.82 Å². The van der Waals surface area contributed by atoms with Crippen molar-refractivity contribution >= 4 is 23.4 Å². The SMILES string of the molecule is CCN(CC)C(=O)c1ccc(SCc2ccc(C)cc2)c([N+](=O)[O-])c1. The molecule has 0 aliphatic rings. The minimum Gasteiger partial charge on any atom is -0.339 e. The van der Waals surface area contributed by atoms with Gasteiger partial charge >= 0.3 is 0 Å². The summed E-state index contributed by atoms with van der Waals surface area (Å²) >= 11 is 1.41. The number of nitro benzene ring substituents is 1. The molecule has 0 N–H and O–H groups in total. The van der Waals surface area contributed by atoms with Crippen LogP contribution in [0.5, 0.6) is 0 Å². The number of aryl methyl sites for hydroxylation is 1. The number of hydrogen-bond donors (Lipinski definition) is 0. The zero-order valence-electron chi connectivity index (χ0n) is 14.7. The van der Waals surface area contributed by atoms with Crippen LogP contribution in [0.3, 0.4) is 0 Å². The van der Waals surface area contributed by atoms with E-state index in [1.54, 1.807) is 17.0 Å². The van der Waals surface area contributed by atoms with E-state index in [1.165, 1.54) is 23.4 Å². The number of benzene rings is 2. The van der Waals surface area contributed by atoms with Crippen LogP contribution in [0.4, 0.5) is 5.69 Å². The van der Waals surface area contributed by atoms with Crippen LogP contribution in [0.15, 0.2) is 47.4 Å². The van der Waals surface area contributed by atoms with Gasteiger partial charge in [-0.25, -0.2) is 0 Å². The Labute approximate surface area is 152 Å². The first-order valence-corrected chi connectivity index (χ1v) is 9.20. The Hall–Kier alpha value is -2.34. The lowest BCUT2D eigenvalue weighted by Crippen LogP contribution is -2.30. The fourth-order valence-electron chi connectivity index (χ4n) is 2.45. The summed E-state index contributed by atoms with van der Waals surface area (Å²) in [5, 5.41) is 11.4. The quantitative estimate of drug-likeness (QED) is 0.410. The third-order valence-electron chi connectivity index (χ3n) is 3.97. The first-order chi connectivity index (χ1) is 12.0. The molecule has 0 saturated heterocycles. The molecule has 0 saturated carbocycles. The standard InChI is InChI=1S/C19H22N2O3S/c1-4-20(5-2)19(22)16-10-11-18(17(12-16)21(23)24)25-13-15-8-6-14(3)7-9-15/h6-12H,4-5,13H2,1-3H3.